The number of ether oxygens (including phenoxy) is 1. The minimum atomic E-state index is 0. The zero-order valence-electron chi connectivity index (χ0n) is 14.2. The number of likely N-dealkylation sites (tertiary alicyclic amines) is 1. The summed E-state index contributed by atoms with van der Waals surface area (Å²) in [5.41, 5.74) is 2.88. The molecule has 1 saturated heterocycles. The van der Waals surface area contributed by atoms with Gasteiger partial charge in [-0.15, -0.1) is 12.4 Å². The molecule has 0 bridgehead atoms. The van der Waals surface area contributed by atoms with E-state index in [9.17, 15) is 0 Å². The SMILES string of the molecule is CCNCC1CCN(Cc2ccc(OC)cc2CC)CC1.Cl. The normalized spacial score (nSPS) is 16.3. The Morgan fingerprint density at radius 3 is 2.50 bits per heavy atom. The van der Waals surface area contributed by atoms with Crippen LogP contribution in [-0.2, 0) is 13.0 Å². The van der Waals surface area contributed by atoms with Crippen LogP contribution in [-0.4, -0.2) is 38.2 Å². The highest BCUT2D eigenvalue weighted by molar-refractivity contribution is 5.85. The van der Waals surface area contributed by atoms with Crippen molar-refractivity contribution < 1.29 is 4.74 Å². The first-order chi connectivity index (χ1) is 10.3. The van der Waals surface area contributed by atoms with Crippen LogP contribution in [0.2, 0.25) is 0 Å². The van der Waals surface area contributed by atoms with Gasteiger partial charge in [0.05, 0.1) is 7.11 Å². The number of piperidine rings is 1. The fraction of sp³-hybridized carbons (Fsp3) is 0.667. The lowest BCUT2D eigenvalue weighted by Gasteiger charge is -2.32. The molecule has 1 aromatic carbocycles. The van der Waals surface area contributed by atoms with Gasteiger partial charge in [0.15, 0.2) is 0 Å². The molecular formula is C18H31ClN2O. The lowest BCUT2D eigenvalue weighted by Crippen LogP contribution is -2.37. The van der Waals surface area contributed by atoms with Crippen LogP contribution in [0.4, 0.5) is 0 Å². The summed E-state index contributed by atoms with van der Waals surface area (Å²) in [6.45, 7) is 10.2. The Labute approximate surface area is 141 Å². The molecule has 4 heteroatoms. The van der Waals surface area contributed by atoms with E-state index in [0.717, 1.165) is 31.2 Å². The number of methoxy groups -OCH3 is 1. The quantitative estimate of drug-likeness (QED) is 0.830. The van der Waals surface area contributed by atoms with Gasteiger partial charge < -0.3 is 10.1 Å². The van der Waals surface area contributed by atoms with E-state index in [0.29, 0.717) is 0 Å². The number of nitrogens with one attached hydrogen (secondary N) is 1. The summed E-state index contributed by atoms with van der Waals surface area (Å²) in [4.78, 5) is 2.60. The van der Waals surface area contributed by atoms with Gasteiger partial charge in [-0.1, -0.05) is 19.9 Å². The molecule has 22 heavy (non-hydrogen) atoms. The van der Waals surface area contributed by atoms with Crippen LogP contribution < -0.4 is 10.1 Å². The summed E-state index contributed by atoms with van der Waals surface area (Å²) in [5.74, 6) is 1.84. The molecule has 0 amide bonds. The second kappa shape index (κ2) is 10.1. The third kappa shape index (κ3) is 5.45. The maximum absolute atomic E-state index is 5.33. The van der Waals surface area contributed by atoms with Gasteiger partial charge >= 0.3 is 0 Å². The standard InChI is InChI=1S/C18H30N2O.ClH/c1-4-16-12-18(21-3)7-6-17(16)14-20-10-8-15(9-11-20)13-19-5-2;/h6-7,12,15,19H,4-5,8-11,13-14H2,1-3H3;1H. The number of hydrogen-bond donors (Lipinski definition) is 1. The molecule has 1 aromatic rings. The predicted molar refractivity (Wildman–Crippen MR) is 96.2 cm³/mol. The van der Waals surface area contributed by atoms with Crippen LogP contribution in [0, 0.1) is 5.92 Å². The van der Waals surface area contributed by atoms with Crippen molar-refractivity contribution in [2.24, 2.45) is 5.92 Å². The second-order valence-corrected chi connectivity index (χ2v) is 6.02. The molecule has 1 aliphatic heterocycles. The van der Waals surface area contributed by atoms with Crippen LogP contribution in [0.25, 0.3) is 0 Å². The number of aryl methyl sites for hydroxylation is 1. The van der Waals surface area contributed by atoms with Crippen LogP contribution in [0.5, 0.6) is 5.75 Å². The van der Waals surface area contributed by atoms with Gasteiger partial charge in [0, 0.05) is 6.54 Å². The molecule has 2 rings (SSSR count). The molecule has 1 fully saturated rings. The largest absolute Gasteiger partial charge is 0.497 e. The summed E-state index contributed by atoms with van der Waals surface area (Å²) in [7, 11) is 1.74. The number of hydrogen-bond acceptors (Lipinski definition) is 3. The van der Waals surface area contributed by atoms with Crippen molar-refractivity contribution >= 4 is 12.4 Å². The van der Waals surface area contributed by atoms with E-state index in [4.69, 9.17) is 4.74 Å². The molecule has 0 aliphatic carbocycles. The third-order valence-corrected chi connectivity index (χ3v) is 4.58. The molecule has 3 nitrogen and oxygen atoms in total. The predicted octanol–water partition coefficient (Wildman–Crippen LogP) is 3.50. The molecule has 0 radical (unpaired) electrons. The van der Waals surface area contributed by atoms with E-state index in [1.807, 2.05) is 0 Å². The average Bonchev–Trinajstić information content (AvgIpc) is 2.54. The maximum atomic E-state index is 5.33. The Morgan fingerprint density at radius 2 is 1.91 bits per heavy atom. The van der Waals surface area contributed by atoms with Crippen LogP contribution in [0.3, 0.4) is 0 Å². The number of rotatable bonds is 7. The van der Waals surface area contributed by atoms with Crippen LogP contribution >= 0.6 is 12.4 Å². The first-order valence-electron chi connectivity index (χ1n) is 8.35. The lowest BCUT2D eigenvalue weighted by atomic mass is 9.95. The second-order valence-electron chi connectivity index (χ2n) is 6.02. The van der Waals surface area contributed by atoms with Crippen molar-refractivity contribution in [1.29, 1.82) is 0 Å². The molecule has 1 aliphatic rings. The first kappa shape index (κ1) is 19.3. The van der Waals surface area contributed by atoms with Crippen molar-refractivity contribution in [1.82, 2.24) is 10.2 Å². The Kier molecular flexibility index (Phi) is 8.84. The van der Waals surface area contributed by atoms with Gasteiger partial charge in [0.2, 0.25) is 0 Å². The smallest absolute Gasteiger partial charge is 0.119 e. The summed E-state index contributed by atoms with van der Waals surface area (Å²) < 4.78 is 5.33. The van der Waals surface area contributed by atoms with Crippen molar-refractivity contribution in [2.75, 3.05) is 33.3 Å². The molecular weight excluding hydrogens is 296 g/mol. The molecule has 0 saturated carbocycles. The molecule has 0 aromatic heterocycles. The zero-order valence-corrected chi connectivity index (χ0v) is 15.0. The molecule has 0 spiro atoms. The lowest BCUT2D eigenvalue weighted by molar-refractivity contribution is 0.175. The molecule has 126 valence electrons. The Balaban J connectivity index is 0.00000242. The average molecular weight is 327 g/mol. The third-order valence-electron chi connectivity index (χ3n) is 4.58. The topological polar surface area (TPSA) is 24.5 Å². The van der Waals surface area contributed by atoms with Crippen LogP contribution in [0.15, 0.2) is 18.2 Å². The van der Waals surface area contributed by atoms with E-state index in [1.165, 1.54) is 43.6 Å². The summed E-state index contributed by atoms with van der Waals surface area (Å²) in [6.07, 6.45) is 3.72. The van der Waals surface area contributed by atoms with Gasteiger partial charge in [-0.05, 0) is 74.6 Å². The zero-order chi connectivity index (χ0) is 15.1. The van der Waals surface area contributed by atoms with Gasteiger partial charge in [0.1, 0.15) is 5.75 Å². The summed E-state index contributed by atoms with van der Waals surface area (Å²) in [6, 6.07) is 6.52. The van der Waals surface area contributed by atoms with Crippen molar-refractivity contribution in [2.45, 2.75) is 39.7 Å². The Morgan fingerprint density at radius 1 is 1.18 bits per heavy atom. The highest BCUT2D eigenvalue weighted by atomic mass is 35.5. The van der Waals surface area contributed by atoms with Crippen LogP contribution in [0.1, 0.15) is 37.8 Å². The number of halogens is 1. The minimum absolute atomic E-state index is 0. The van der Waals surface area contributed by atoms with Gasteiger partial charge in [-0.2, -0.15) is 0 Å². The van der Waals surface area contributed by atoms with Crippen molar-refractivity contribution in [3.8, 4) is 5.75 Å². The van der Waals surface area contributed by atoms with E-state index in [2.05, 4.69) is 42.3 Å². The molecule has 1 heterocycles. The van der Waals surface area contributed by atoms with E-state index >= 15 is 0 Å². The fourth-order valence-electron chi connectivity index (χ4n) is 3.15. The van der Waals surface area contributed by atoms with Crippen molar-refractivity contribution in [3.05, 3.63) is 29.3 Å². The highest BCUT2D eigenvalue weighted by Crippen LogP contribution is 2.23. The van der Waals surface area contributed by atoms with Crippen molar-refractivity contribution in [3.63, 3.8) is 0 Å². The fourth-order valence-corrected chi connectivity index (χ4v) is 3.15. The minimum Gasteiger partial charge on any atom is -0.497 e. The highest BCUT2D eigenvalue weighted by Gasteiger charge is 2.19. The van der Waals surface area contributed by atoms with Gasteiger partial charge in [-0.3, -0.25) is 4.90 Å². The Hall–Kier alpha value is -0.770. The summed E-state index contributed by atoms with van der Waals surface area (Å²) in [5, 5.41) is 3.48. The van der Waals surface area contributed by atoms with E-state index < -0.39 is 0 Å². The molecule has 0 atom stereocenters. The Bertz CT molecular complexity index is 431. The first-order valence-corrected chi connectivity index (χ1v) is 8.35. The van der Waals surface area contributed by atoms with Gasteiger partial charge in [0.25, 0.3) is 0 Å². The molecule has 0 unspecified atom stereocenters. The maximum Gasteiger partial charge on any atom is 0.119 e. The van der Waals surface area contributed by atoms with Gasteiger partial charge in [-0.25, -0.2) is 0 Å². The van der Waals surface area contributed by atoms with E-state index in [-0.39, 0.29) is 12.4 Å². The summed E-state index contributed by atoms with van der Waals surface area (Å²) >= 11 is 0. The number of nitrogens with zero attached hydrogens (tertiary/aromatic N) is 1. The molecule has 1 N–H and O–H groups in total. The van der Waals surface area contributed by atoms with E-state index in [1.54, 1.807) is 7.11 Å². The monoisotopic (exact) mass is 326 g/mol. The number of benzene rings is 1.